The van der Waals surface area contributed by atoms with Gasteiger partial charge in [0, 0.05) is 22.7 Å². The maximum atomic E-state index is 13.2. The van der Waals surface area contributed by atoms with Crippen LogP contribution in [0.5, 0.6) is 0 Å². The molecule has 0 bridgehead atoms. The molecule has 1 N–H and O–H groups in total. The van der Waals surface area contributed by atoms with Crippen molar-refractivity contribution in [2.24, 2.45) is 0 Å². The topological polar surface area (TPSA) is 82.1 Å². The maximum Gasteiger partial charge on any atom is 0.290 e. The summed E-state index contributed by atoms with van der Waals surface area (Å²) in [5.74, 6) is 0.146. The minimum Gasteiger partial charge on any atom is -0.472 e. The van der Waals surface area contributed by atoms with E-state index >= 15 is 0 Å². The molecule has 0 saturated heterocycles. The van der Waals surface area contributed by atoms with E-state index in [4.69, 9.17) is 27.6 Å². The molecule has 0 spiro atoms. The van der Waals surface area contributed by atoms with Crippen molar-refractivity contribution in [3.63, 3.8) is 0 Å². The number of halogens is 2. The largest absolute Gasteiger partial charge is 0.472 e. The first-order chi connectivity index (χ1) is 16.5. The van der Waals surface area contributed by atoms with Crippen LogP contribution in [-0.4, -0.2) is 20.3 Å². The van der Waals surface area contributed by atoms with E-state index < -0.39 is 0 Å². The van der Waals surface area contributed by atoms with Crippen molar-refractivity contribution >= 4 is 57.6 Å². The second-order valence-corrected chi connectivity index (χ2v) is 10.4. The van der Waals surface area contributed by atoms with Gasteiger partial charge in [0.2, 0.25) is 0 Å². The number of thiophene rings is 2. The molecule has 0 radical (unpaired) electrons. The number of aromatic nitrogens is 3. The summed E-state index contributed by atoms with van der Waals surface area (Å²) in [6, 6.07) is 12.2. The lowest BCUT2D eigenvalue weighted by molar-refractivity contribution is 0.0952. The zero-order valence-corrected chi connectivity index (χ0v) is 20.5. The lowest BCUT2D eigenvalue weighted by Crippen LogP contribution is -2.21. The van der Waals surface area contributed by atoms with Gasteiger partial charge < -0.3 is 14.3 Å². The summed E-state index contributed by atoms with van der Waals surface area (Å²) in [6.45, 7) is 0.708. The summed E-state index contributed by atoms with van der Waals surface area (Å²) in [5, 5.41) is 10.1. The number of rotatable bonds is 7. The summed E-state index contributed by atoms with van der Waals surface area (Å²) in [7, 11) is 0. The van der Waals surface area contributed by atoms with Gasteiger partial charge in [-0.05, 0) is 35.7 Å². The van der Waals surface area contributed by atoms with Crippen LogP contribution < -0.4 is 10.9 Å². The molecule has 0 unspecified atom stereocenters. The molecule has 7 nitrogen and oxygen atoms in total. The number of anilines is 1. The van der Waals surface area contributed by atoms with Crippen molar-refractivity contribution in [2.45, 2.75) is 13.1 Å². The normalized spacial score (nSPS) is 11.1. The quantitative estimate of drug-likeness (QED) is 0.275. The Morgan fingerprint density at radius 2 is 2.06 bits per heavy atom. The van der Waals surface area contributed by atoms with Crippen LogP contribution in [-0.2, 0) is 13.1 Å². The third kappa shape index (κ3) is 4.60. The second kappa shape index (κ2) is 9.63. The van der Waals surface area contributed by atoms with Crippen molar-refractivity contribution in [3.05, 3.63) is 102 Å². The molecule has 5 rings (SSSR count). The van der Waals surface area contributed by atoms with Crippen LogP contribution in [0.2, 0.25) is 9.36 Å². The molecule has 0 aliphatic carbocycles. The SMILES string of the molecule is O=C(c1cccs1)n1nc(-c2cccn(Cc3ccoc3)c2=O)cc1NCc1sc(Cl)cc1Cl. The smallest absolute Gasteiger partial charge is 0.290 e. The zero-order chi connectivity index (χ0) is 23.7. The van der Waals surface area contributed by atoms with Gasteiger partial charge in [-0.2, -0.15) is 9.78 Å². The molecule has 0 atom stereocenters. The molecule has 0 amide bonds. The number of furan rings is 1. The average Bonchev–Trinajstić information content (AvgIpc) is 3.62. The Labute approximate surface area is 211 Å². The van der Waals surface area contributed by atoms with E-state index in [1.807, 2.05) is 5.38 Å². The molecule has 172 valence electrons. The highest BCUT2D eigenvalue weighted by atomic mass is 35.5. The number of nitrogens with one attached hydrogen (secondary N) is 1. The van der Waals surface area contributed by atoms with Crippen molar-refractivity contribution < 1.29 is 9.21 Å². The Kier molecular flexibility index (Phi) is 6.42. The maximum absolute atomic E-state index is 13.2. The first kappa shape index (κ1) is 22.7. The van der Waals surface area contributed by atoms with Gasteiger partial charge in [-0.15, -0.1) is 22.7 Å². The standard InChI is InChI=1S/C23H16Cl2N4O3S2/c24-16-9-20(25)34-19(16)11-26-21-10-17(27-29(21)23(31)18-4-2-8-33-18)15-3-1-6-28(22(15)30)12-14-5-7-32-13-14/h1-10,13,26H,11-12H2. The van der Waals surface area contributed by atoms with E-state index in [0.29, 0.717) is 44.4 Å². The Balaban J connectivity index is 1.52. The molecule has 34 heavy (non-hydrogen) atoms. The van der Waals surface area contributed by atoms with Gasteiger partial charge in [0.15, 0.2) is 0 Å². The van der Waals surface area contributed by atoms with Crippen molar-refractivity contribution in [3.8, 4) is 11.3 Å². The first-order valence-corrected chi connectivity index (χ1v) is 12.5. The van der Waals surface area contributed by atoms with Gasteiger partial charge in [0.1, 0.15) is 11.5 Å². The number of carbonyl (C=O) groups is 1. The Morgan fingerprint density at radius 3 is 2.76 bits per heavy atom. The summed E-state index contributed by atoms with van der Waals surface area (Å²) in [6.07, 6.45) is 4.86. The third-order valence-electron chi connectivity index (χ3n) is 5.02. The van der Waals surface area contributed by atoms with E-state index in [1.165, 1.54) is 27.4 Å². The molecule has 5 heterocycles. The number of hydrogen-bond donors (Lipinski definition) is 1. The van der Waals surface area contributed by atoms with Crippen LogP contribution in [0.1, 0.15) is 20.1 Å². The van der Waals surface area contributed by atoms with Crippen molar-refractivity contribution in [1.82, 2.24) is 14.3 Å². The van der Waals surface area contributed by atoms with Crippen LogP contribution in [0.15, 0.2) is 75.8 Å². The van der Waals surface area contributed by atoms with E-state index in [9.17, 15) is 9.59 Å². The highest BCUT2D eigenvalue weighted by Gasteiger charge is 2.20. The lowest BCUT2D eigenvalue weighted by atomic mass is 10.2. The van der Waals surface area contributed by atoms with Gasteiger partial charge in [0.25, 0.3) is 11.5 Å². The molecule has 0 aliphatic heterocycles. The van der Waals surface area contributed by atoms with Gasteiger partial charge in [-0.25, -0.2) is 0 Å². The van der Waals surface area contributed by atoms with Crippen molar-refractivity contribution in [1.29, 1.82) is 0 Å². The van der Waals surface area contributed by atoms with Crippen molar-refractivity contribution in [2.75, 3.05) is 5.32 Å². The fourth-order valence-corrected chi connectivity index (χ4v) is 5.56. The Hall–Kier alpha value is -3.11. The lowest BCUT2D eigenvalue weighted by Gasteiger charge is -2.07. The van der Waals surface area contributed by atoms with Gasteiger partial charge >= 0.3 is 0 Å². The van der Waals surface area contributed by atoms with Crippen LogP contribution in [0, 0.1) is 0 Å². The minimum atomic E-state index is -0.297. The highest BCUT2D eigenvalue weighted by molar-refractivity contribution is 7.16. The monoisotopic (exact) mass is 530 g/mol. The van der Waals surface area contributed by atoms with Crippen LogP contribution in [0.25, 0.3) is 11.3 Å². The molecule has 0 aromatic carbocycles. The molecular weight excluding hydrogens is 515 g/mol. The molecule has 0 aliphatic rings. The van der Waals surface area contributed by atoms with Gasteiger partial charge in [-0.1, -0.05) is 29.3 Å². The predicted molar refractivity (Wildman–Crippen MR) is 135 cm³/mol. The summed E-state index contributed by atoms with van der Waals surface area (Å²) >= 11 is 15.0. The molecule has 0 fully saturated rings. The first-order valence-electron chi connectivity index (χ1n) is 10.1. The molecular formula is C23H16Cl2N4O3S2. The van der Waals surface area contributed by atoms with E-state index in [-0.39, 0.29) is 11.5 Å². The highest BCUT2D eigenvalue weighted by Crippen LogP contribution is 2.31. The minimum absolute atomic E-state index is 0.225. The Bertz CT molecular complexity index is 1500. The summed E-state index contributed by atoms with van der Waals surface area (Å²) < 4.78 is 8.53. The summed E-state index contributed by atoms with van der Waals surface area (Å²) in [5.41, 5.74) is 1.40. The Morgan fingerprint density at radius 1 is 1.18 bits per heavy atom. The molecule has 0 saturated carbocycles. The summed E-state index contributed by atoms with van der Waals surface area (Å²) in [4.78, 5) is 27.7. The van der Waals surface area contributed by atoms with Crippen LogP contribution >= 0.6 is 45.9 Å². The van der Waals surface area contributed by atoms with Gasteiger partial charge in [-0.3, -0.25) is 9.59 Å². The third-order valence-corrected chi connectivity index (χ3v) is 7.59. The van der Waals surface area contributed by atoms with Crippen LogP contribution in [0.4, 0.5) is 5.82 Å². The second-order valence-electron chi connectivity index (χ2n) is 7.27. The number of carbonyl (C=O) groups excluding carboxylic acids is 1. The fraction of sp³-hybridized carbons (Fsp3) is 0.0870. The van der Waals surface area contributed by atoms with E-state index in [2.05, 4.69) is 10.4 Å². The number of nitrogens with zero attached hydrogens (tertiary/aromatic N) is 3. The number of hydrogen-bond acceptors (Lipinski definition) is 7. The average molecular weight is 531 g/mol. The number of pyridine rings is 1. The zero-order valence-electron chi connectivity index (χ0n) is 17.4. The van der Waals surface area contributed by atoms with Gasteiger partial charge in [0.05, 0.1) is 45.4 Å². The molecule has 11 heteroatoms. The molecule has 5 aromatic heterocycles. The van der Waals surface area contributed by atoms with E-state index in [0.717, 1.165) is 10.4 Å². The predicted octanol–water partition coefficient (Wildman–Crippen LogP) is 6.08. The molecule has 5 aromatic rings. The van der Waals surface area contributed by atoms with E-state index in [1.54, 1.807) is 65.8 Å². The van der Waals surface area contributed by atoms with Crippen LogP contribution in [0.3, 0.4) is 0 Å². The fourth-order valence-electron chi connectivity index (χ4n) is 3.40.